The molecule has 4 heteroatoms. The number of para-hydroxylation sites is 1. The lowest BCUT2D eigenvalue weighted by Crippen LogP contribution is -2.60. The third-order valence-electron chi connectivity index (χ3n) is 19.5. The van der Waals surface area contributed by atoms with E-state index < -0.39 is 0 Å². The molecule has 10 aromatic rings. The Hall–Kier alpha value is -6.78. The minimum Gasteiger partial charge on any atom is -0.456 e. The molecule has 0 saturated heterocycles. The fourth-order valence-electron chi connectivity index (χ4n) is 15.2. The molecule has 0 radical (unpaired) electrons. The number of rotatable bonds is 1. The highest BCUT2D eigenvalue weighted by molar-refractivity contribution is 6.94. The van der Waals surface area contributed by atoms with E-state index in [4.69, 9.17) is 4.42 Å². The van der Waals surface area contributed by atoms with Gasteiger partial charge in [0.05, 0.1) is 11.0 Å². The molecule has 0 spiro atoms. The van der Waals surface area contributed by atoms with Gasteiger partial charge in [0.15, 0.2) is 0 Å². The third kappa shape index (κ3) is 5.50. The Balaban J connectivity index is 1.16. The Morgan fingerprint density at radius 1 is 0.486 bits per heavy atom. The average Bonchev–Trinajstić information content (AvgIpc) is 4.05. The van der Waals surface area contributed by atoms with E-state index in [2.05, 4.69) is 234 Å². The molecular formula is C70H67BN2O. The second-order valence-corrected chi connectivity index (χ2v) is 27.6. The summed E-state index contributed by atoms with van der Waals surface area (Å²) >= 11 is 0. The Kier molecular flexibility index (Phi) is 8.29. The van der Waals surface area contributed by atoms with Crippen molar-refractivity contribution < 1.29 is 4.42 Å². The van der Waals surface area contributed by atoms with Gasteiger partial charge in [0, 0.05) is 61.1 Å². The molecular weight excluding hydrogens is 896 g/mol. The Morgan fingerprint density at radius 2 is 1.12 bits per heavy atom. The van der Waals surface area contributed by atoms with E-state index in [1.807, 2.05) is 0 Å². The highest BCUT2D eigenvalue weighted by Crippen LogP contribution is 2.62. The zero-order valence-electron chi connectivity index (χ0n) is 45.9. The van der Waals surface area contributed by atoms with E-state index >= 15 is 0 Å². The molecule has 3 aliphatic carbocycles. The van der Waals surface area contributed by atoms with Gasteiger partial charge in [-0.2, -0.15) is 0 Å². The summed E-state index contributed by atoms with van der Waals surface area (Å²) in [6.07, 6.45) is 2.38. The van der Waals surface area contributed by atoms with Crippen LogP contribution in [0.2, 0.25) is 0 Å². The van der Waals surface area contributed by atoms with Gasteiger partial charge < -0.3 is 13.8 Å². The highest BCUT2D eigenvalue weighted by atomic mass is 16.3. The van der Waals surface area contributed by atoms with Crippen molar-refractivity contribution in [1.82, 2.24) is 4.57 Å². The number of furan rings is 1. The number of fused-ring (bicyclic) bond motifs is 20. The van der Waals surface area contributed by atoms with E-state index in [1.54, 1.807) is 0 Å². The summed E-state index contributed by atoms with van der Waals surface area (Å²) in [5.74, 6) is 0. The van der Waals surface area contributed by atoms with Crippen molar-refractivity contribution in [2.75, 3.05) is 4.81 Å². The molecule has 2 aliphatic heterocycles. The van der Waals surface area contributed by atoms with Crippen LogP contribution < -0.4 is 15.7 Å². The fourth-order valence-corrected chi connectivity index (χ4v) is 15.2. The summed E-state index contributed by atoms with van der Waals surface area (Å²) in [5, 5.41) is 5.03. The van der Waals surface area contributed by atoms with Gasteiger partial charge in [-0.05, 0) is 166 Å². The van der Waals surface area contributed by atoms with Crippen LogP contribution >= 0.6 is 0 Å². The Morgan fingerprint density at radius 3 is 1.85 bits per heavy atom. The van der Waals surface area contributed by atoms with Crippen LogP contribution in [0.25, 0.3) is 82.8 Å². The van der Waals surface area contributed by atoms with Crippen molar-refractivity contribution in [2.24, 2.45) is 0 Å². The number of aromatic nitrogens is 1. The Labute approximate surface area is 437 Å². The summed E-state index contributed by atoms with van der Waals surface area (Å²) < 4.78 is 9.53. The van der Waals surface area contributed by atoms with Crippen LogP contribution in [0.15, 0.2) is 132 Å². The van der Waals surface area contributed by atoms with Gasteiger partial charge in [0.25, 0.3) is 0 Å². The van der Waals surface area contributed by atoms with Crippen LogP contribution in [-0.2, 0) is 32.5 Å². The van der Waals surface area contributed by atoms with E-state index in [0.717, 1.165) is 21.9 Å². The van der Waals surface area contributed by atoms with Gasteiger partial charge >= 0.3 is 6.85 Å². The topological polar surface area (TPSA) is 21.3 Å². The predicted octanol–water partition coefficient (Wildman–Crippen LogP) is 17.5. The number of hydrogen-bond acceptors (Lipinski definition) is 2. The quantitative estimate of drug-likeness (QED) is 0.153. The smallest absolute Gasteiger partial charge is 0.333 e. The predicted molar refractivity (Wildman–Crippen MR) is 315 cm³/mol. The molecule has 8 aromatic carbocycles. The standard InChI is InChI=1S/C70H67BN2O/c1-65(2,3)38-23-26-40(27-24-38)73-55-35-44-43-32-51-52(68(9,10)30-29-67(51,7)8)36-50(43)69(11,12)49(44)33-47(55)60-59-42-20-15-17-21-48(42)70(13,14)62(59)61-46-31-39(66(4,5)6)25-28-54(46)72-56-37-58-45(41-19-16-18-22-57(41)74-58)34-53(56)71(73)63(60)64(61)72/h15-28,31-37H,29-30H2,1-14H3. The summed E-state index contributed by atoms with van der Waals surface area (Å²) in [5.41, 5.74) is 30.2. The third-order valence-corrected chi connectivity index (χ3v) is 19.5. The minimum atomic E-state index is -0.277. The largest absolute Gasteiger partial charge is 0.456 e. The number of nitrogens with zero attached hydrogens (tertiary/aromatic N) is 2. The van der Waals surface area contributed by atoms with Gasteiger partial charge in [-0.25, -0.2) is 0 Å². The van der Waals surface area contributed by atoms with Gasteiger partial charge in [0.1, 0.15) is 11.2 Å². The lowest BCUT2D eigenvalue weighted by molar-refractivity contribution is 0.331. The first kappa shape index (κ1) is 44.7. The number of anilines is 2. The monoisotopic (exact) mass is 963 g/mol. The van der Waals surface area contributed by atoms with Crippen LogP contribution in [0.4, 0.5) is 11.4 Å². The molecule has 74 heavy (non-hydrogen) atoms. The zero-order chi connectivity index (χ0) is 51.3. The molecule has 15 rings (SSSR count). The number of hydrogen-bond donors (Lipinski definition) is 0. The lowest BCUT2D eigenvalue weighted by atomic mass is 9.43. The first-order valence-corrected chi connectivity index (χ1v) is 27.5. The molecule has 0 saturated carbocycles. The van der Waals surface area contributed by atoms with Crippen molar-refractivity contribution in [3.63, 3.8) is 0 Å². The lowest BCUT2D eigenvalue weighted by Gasteiger charge is -2.43. The van der Waals surface area contributed by atoms with Gasteiger partial charge in [-0.15, -0.1) is 0 Å². The molecule has 2 aromatic heterocycles. The second kappa shape index (κ2) is 13.7. The Bertz CT molecular complexity index is 4210. The van der Waals surface area contributed by atoms with E-state index in [-0.39, 0.29) is 39.3 Å². The molecule has 0 unspecified atom stereocenters. The number of benzene rings is 8. The molecule has 4 heterocycles. The maximum atomic E-state index is 6.87. The van der Waals surface area contributed by atoms with Crippen LogP contribution in [0.1, 0.15) is 154 Å². The van der Waals surface area contributed by atoms with E-state index in [9.17, 15) is 0 Å². The van der Waals surface area contributed by atoms with Crippen molar-refractivity contribution >= 4 is 72.9 Å². The second-order valence-electron chi connectivity index (χ2n) is 27.6. The van der Waals surface area contributed by atoms with Crippen LogP contribution in [0, 0.1) is 0 Å². The molecule has 0 bridgehead atoms. The summed E-state index contributed by atoms with van der Waals surface area (Å²) in [7, 11) is 0. The molecule has 3 nitrogen and oxygen atoms in total. The van der Waals surface area contributed by atoms with Crippen molar-refractivity contribution in [3.05, 3.63) is 172 Å². The minimum absolute atomic E-state index is 0.00761. The zero-order valence-corrected chi connectivity index (χ0v) is 45.9. The maximum absolute atomic E-state index is 6.87. The summed E-state index contributed by atoms with van der Waals surface area (Å²) in [4.78, 5) is 2.77. The molecule has 0 N–H and O–H groups in total. The maximum Gasteiger partial charge on any atom is 0.333 e. The highest BCUT2D eigenvalue weighted by Gasteiger charge is 2.52. The SMILES string of the molecule is CC(C)(C)c1ccc(N2B3c4cc5c(cc4-n4c6ccc(C(C)(C)C)cc6c6c7c(c(c3c64)-c3cc4c(cc32)-c2cc3c(cc2C4(C)C)C(C)(C)CCC3(C)C)-c2ccccc2C7(C)C)oc2ccccc25)cc1. The molecule has 0 fully saturated rings. The first-order chi connectivity index (χ1) is 35.0. The fraction of sp³-hybridized carbons (Fsp3) is 0.314. The summed E-state index contributed by atoms with van der Waals surface area (Å²) in [6, 6.07) is 50.6. The molecule has 0 atom stereocenters. The molecule has 366 valence electrons. The van der Waals surface area contributed by atoms with Crippen molar-refractivity contribution in [2.45, 2.75) is 142 Å². The average molecular weight is 963 g/mol. The normalized spacial score (nSPS) is 17.9. The van der Waals surface area contributed by atoms with Gasteiger partial charge in [-0.1, -0.05) is 170 Å². The van der Waals surface area contributed by atoms with Crippen LogP contribution in [0.5, 0.6) is 0 Å². The van der Waals surface area contributed by atoms with Crippen LogP contribution in [0.3, 0.4) is 0 Å². The summed E-state index contributed by atoms with van der Waals surface area (Å²) in [6.45, 7) is 33.8. The van der Waals surface area contributed by atoms with E-state index in [0.29, 0.717) is 0 Å². The van der Waals surface area contributed by atoms with Gasteiger partial charge in [-0.3, -0.25) is 0 Å². The molecule has 5 aliphatic rings. The first-order valence-electron chi connectivity index (χ1n) is 27.5. The van der Waals surface area contributed by atoms with Gasteiger partial charge in [0.2, 0.25) is 0 Å². The van der Waals surface area contributed by atoms with Crippen molar-refractivity contribution in [3.8, 4) is 39.1 Å². The van der Waals surface area contributed by atoms with E-state index in [1.165, 1.54) is 141 Å². The van der Waals surface area contributed by atoms with Crippen LogP contribution in [-0.4, -0.2) is 11.4 Å². The van der Waals surface area contributed by atoms with Crippen molar-refractivity contribution in [1.29, 1.82) is 0 Å². The molecule has 0 amide bonds.